The second-order valence-electron chi connectivity index (χ2n) is 10.3. The number of nitrogens with zero attached hydrogens (tertiary/aromatic N) is 4. The third-order valence-corrected chi connectivity index (χ3v) is 8.26. The highest BCUT2D eigenvalue weighted by Gasteiger charge is 2.13. The smallest absolute Gasteiger partial charge is 0.418 e. The molecular weight excluding hydrogens is 635 g/mol. The maximum atomic E-state index is 12.7. The molecule has 0 fully saturated rings. The van der Waals surface area contributed by atoms with Crippen LogP contribution in [-0.4, -0.2) is 48.4 Å². The van der Waals surface area contributed by atoms with E-state index in [1.54, 1.807) is 52.7 Å². The van der Waals surface area contributed by atoms with Crippen LogP contribution in [0.3, 0.4) is 0 Å². The fraction of sp³-hybridized carbons (Fsp3) is 0.176. The van der Waals surface area contributed by atoms with Crippen LogP contribution >= 0.6 is 8.25 Å². The first-order valence-electron chi connectivity index (χ1n) is 14.8. The Labute approximate surface area is 277 Å². The average molecular weight is 669 g/mol. The Hall–Kier alpha value is -5.81. The number of nitrogens with one attached hydrogen (secondary N) is 2. The van der Waals surface area contributed by atoms with Gasteiger partial charge in [0.2, 0.25) is 0 Å². The van der Waals surface area contributed by atoms with Crippen molar-refractivity contribution in [2.75, 3.05) is 39.1 Å². The molecule has 6 rings (SSSR count). The molecule has 0 bridgehead atoms. The van der Waals surface area contributed by atoms with E-state index in [0.717, 1.165) is 32.9 Å². The molecule has 13 nitrogen and oxygen atoms in total. The molecule has 14 heteroatoms. The first-order chi connectivity index (χ1) is 23.5. The van der Waals surface area contributed by atoms with E-state index in [1.165, 1.54) is 12.7 Å². The van der Waals surface area contributed by atoms with Gasteiger partial charge in [0.25, 0.3) is 0 Å². The third kappa shape index (κ3) is 7.26. The molecule has 0 radical (unpaired) electrons. The van der Waals surface area contributed by atoms with Gasteiger partial charge in [-0.15, -0.1) is 0 Å². The molecule has 48 heavy (non-hydrogen) atoms. The fourth-order valence-corrected chi connectivity index (χ4v) is 5.68. The molecule has 0 spiro atoms. The summed E-state index contributed by atoms with van der Waals surface area (Å²) in [5.41, 5.74) is 3.38. The van der Waals surface area contributed by atoms with Gasteiger partial charge in [-0.1, -0.05) is 24.3 Å². The predicted octanol–water partition coefficient (Wildman–Crippen LogP) is 6.68. The van der Waals surface area contributed by atoms with Gasteiger partial charge in [-0.3, -0.25) is 0 Å². The maximum absolute atomic E-state index is 12.7. The van der Waals surface area contributed by atoms with Crippen molar-refractivity contribution in [2.24, 2.45) is 0 Å². The molecule has 2 aromatic heterocycles. The molecule has 246 valence electrons. The van der Waals surface area contributed by atoms with E-state index in [0.29, 0.717) is 59.2 Å². The number of benzene rings is 4. The number of hydrogen-bond donors (Lipinski definition) is 2. The highest BCUT2D eigenvalue weighted by atomic mass is 31.1. The van der Waals surface area contributed by atoms with Crippen molar-refractivity contribution in [3.05, 3.63) is 96.6 Å². The summed E-state index contributed by atoms with van der Waals surface area (Å²) in [6.45, 7) is 0.980. The molecule has 0 aliphatic rings. The van der Waals surface area contributed by atoms with Crippen LogP contribution in [0.5, 0.6) is 34.5 Å². The van der Waals surface area contributed by atoms with Crippen molar-refractivity contribution in [3.63, 3.8) is 0 Å². The Morgan fingerprint density at radius 2 is 0.917 bits per heavy atom. The first kappa shape index (κ1) is 32.1. The van der Waals surface area contributed by atoms with Crippen molar-refractivity contribution >= 4 is 41.7 Å². The number of methoxy groups -OCH3 is 4. The normalized spacial score (nSPS) is 10.9. The minimum atomic E-state index is -2.86. The lowest BCUT2D eigenvalue weighted by Crippen LogP contribution is -2.03. The van der Waals surface area contributed by atoms with Crippen LogP contribution in [0.2, 0.25) is 0 Å². The van der Waals surface area contributed by atoms with Crippen molar-refractivity contribution < 1.29 is 32.6 Å². The van der Waals surface area contributed by atoms with Crippen LogP contribution in [0.25, 0.3) is 21.8 Å². The van der Waals surface area contributed by atoms with Crippen LogP contribution in [0, 0.1) is 0 Å². The summed E-state index contributed by atoms with van der Waals surface area (Å²) in [6.07, 6.45) is 2.99. The fourth-order valence-electron chi connectivity index (χ4n) is 4.98. The number of anilines is 2. The summed E-state index contributed by atoms with van der Waals surface area (Å²) in [4.78, 5) is 17.4. The van der Waals surface area contributed by atoms with Gasteiger partial charge >= 0.3 is 8.25 Å². The number of hydrogen-bond acceptors (Lipinski definition) is 13. The van der Waals surface area contributed by atoms with Gasteiger partial charge in [-0.25, -0.2) is 24.5 Å². The van der Waals surface area contributed by atoms with E-state index >= 15 is 0 Å². The molecule has 0 unspecified atom stereocenters. The first-order valence-corrected chi connectivity index (χ1v) is 16.0. The summed E-state index contributed by atoms with van der Waals surface area (Å²) in [5, 5.41) is 8.28. The van der Waals surface area contributed by atoms with Crippen LogP contribution in [0.1, 0.15) is 11.1 Å². The minimum absolute atomic E-state index is 0.430. The Morgan fingerprint density at radius 1 is 0.542 bits per heavy atom. The Kier molecular flexibility index (Phi) is 9.87. The van der Waals surface area contributed by atoms with Gasteiger partial charge in [-0.05, 0) is 47.5 Å². The molecular formula is C34H33N6O7P. The van der Waals surface area contributed by atoms with Gasteiger partial charge in [0.05, 0.1) is 39.5 Å². The third-order valence-electron chi connectivity index (χ3n) is 7.45. The highest BCUT2D eigenvalue weighted by molar-refractivity contribution is 7.34. The van der Waals surface area contributed by atoms with E-state index in [-0.39, 0.29) is 0 Å². The minimum Gasteiger partial charge on any atom is -0.493 e. The molecule has 0 saturated heterocycles. The average Bonchev–Trinajstić information content (AvgIpc) is 3.12. The molecule has 6 aromatic rings. The summed E-state index contributed by atoms with van der Waals surface area (Å²) in [6, 6.07) is 21.8. The lowest BCUT2D eigenvalue weighted by atomic mass is 10.2. The lowest BCUT2D eigenvalue weighted by molar-refractivity contribution is 0.356. The van der Waals surface area contributed by atoms with E-state index in [2.05, 4.69) is 30.6 Å². The van der Waals surface area contributed by atoms with Gasteiger partial charge in [0.1, 0.15) is 35.8 Å². The van der Waals surface area contributed by atoms with Crippen LogP contribution < -0.4 is 38.6 Å². The van der Waals surface area contributed by atoms with Crippen molar-refractivity contribution in [1.29, 1.82) is 0 Å². The summed E-state index contributed by atoms with van der Waals surface area (Å²) >= 11 is 0. The SMILES string of the molecule is COc1cc2ncnc(NCc3ccc(O[PH](=O)Oc4ccc(CNc5ncnc6cc(OC)c(OC)cc56)cc4)cc3)c2cc1OC. The molecule has 0 amide bonds. The molecule has 0 atom stereocenters. The quantitative estimate of drug-likeness (QED) is 0.119. The molecule has 0 aliphatic carbocycles. The zero-order valence-electron chi connectivity index (χ0n) is 26.6. The largest absolute Gasteiger partial charge is 0.493 e. The Balaban J connectivity index is 1.02. The zero-order valence-corrected chi connectivity index (χ0v) is 27.6. The van der Waals surface area contributed by atoms with Gasteiger partial charge in [-0.2, -0.15) is 0 Å². The second-order valence-corrected chi connectivity index (χ2v) is 11.3. The van der Waals surface area contributed by atoms with E-state index < -0.39 is 8.25 Å². The topological polar surface area (TPSA) is 148 Å². The number of fused-ring (bicyclic) bond motifs is 2. The molecule has 0 aliphatic heterocycles. The van der Waals surface area contributed by atoms with Gasteiger partial charge in [0, 0.05) is 36.0 Å². The number of rotatable bonds is 14. The Bertz CT molecular complexity index is 1920. The van der Waals surface area contributed by atoms with Crippen molar-refractivity contribution in [3.8, 4) is 34.5 Å². The molecule has 2 heterocycles. The van der Waals surface area contributed by atoms with E-state index in [4.69, 9.17) is 28.0 Å². The Morgan fingerprint density at radius 3 is 1.29 bits per heavy atom. The van der Waals surface area contributed by atoms with Crippen LogP contribution in [-0.2, 0) is 17.7 Å². The van der Waals surface area contributed by atoms with Gasteiger partial charge in [0.15, 0.2) is 23.0 Å². The summed E-state index contributed by atoms with van der Waals surface area (Å²) in [5.74, 6) is 4.54. The van der Waals surface area contributed by atoms with Crippen LogP contribution in [0.4, 0.5) is 11.6 Å². The lowest BCUT2D eigenvalue weighted by Gasteiger charge is -2.13. The maximum Gasteiger partial charge on any atom is 0.418 e. The standard InChI is InChI=1S/C34H33N6O7P/c1-42-29-13-25-27(15-31(29)44-3)37-19-39-33(25)35-17-21-5-9-23(10-6-21)46-48(41)47-24-11-7-22(8-12-24)18-36-34-26-14-30(43-2)32(45-4)16-28(26)38-20-40-34/h5-16,19-20,48H,17-18H2,1-4H3,(H,35,37,39)(H,36,38,40). The zero-order chi connectivity index (χ0) is 33.5. The van der Waals surface area contributed by atoms with E-state index in [1.807, 2.05) is 48.5 Å². The number of ether oxygens (including phenoxy) is 4. The monoisotopic (exact) mass is 668 g/mol. The summed E-state index contributed by atoms with van der Waals surface area (Å²) < 4.78 is 45.4. The van der Waals surface area contributed by atoms with Crippen molar-refractivity contribution in [2.45, 2.75) is 13.1 Å². The molecule has 0 saturated carbocycles. The van der Waals surface area contributed by atoms with Gasteiger partial charge < -0.3 is 38.6 Å². The summed E-state index contributed by atoms with van der Waals surface area (Å²) in [7, 11) is 3.47. The van der Waals surface area contributed by atoms with E-state index in [9.17, 15) is 4.57 Å². The molecule has 4 aromatic carbocycles. The molecule has 2 N–H and O–H groups in total. The van der Waals surface area contributed by atoms with Crippen molar-refractivity contribution in [1.82, 2.24) is 19.9 Å². The predicted molar refractivity (Wildman–Crippen MR) is 183 cm³/mol. The number of aromatic nitrogens is 4. The van der Waals surface area contributed by atoms with Crippen LogP contribution in [0.15, 0.2) is 85.5 Å². The highest BCUT2D eigenvalue weighted by Crippen LogP contribution is 2.35. The second kappa shape index (κ2) is 14.7.